The van der Waals surface area contributed by atoms with Gasteiger partial charge in [-0.15, -0.1) is 6.42 Å². The Bertz CT molecular complexity index is 1930. The van der Waals surface area contributed by atoms with Crippen LogP contribution in [0.15, 0.2) is 30.3 Å². The van der Waals surface area contributed by atoms with E-state index in [1.165, 1.54) is 6.07 Å². The van der Waals surface area contributed by atoms with E-state index in [0.717, 1.165) is 32.2 Å². The summed E-state index contributed by atoms with van der Waals surface area (Å²) < 4.78 is 44.2. The minimum atomic E-state index is -0.899. The van der Waals surface area contributed by atoms with Crippen LogP contribution in [0.1, 0.15) is 37.7 Å². The molecule has 11 heteroatoms. The second-order valence-corrected chi connectivity index (χ2v) is 13.1. The first kappa shape index (κ1) is 27.1. The Morgan fingerprint density at radius 3 is 2.98 bits per heavy atom. The number of ether oxygens (including phenoxy) is 2. The number of benzene rings is 2. The smallest absolute Gasteiger partial charge is 0.319 e. The van der Waals surface area contributed by atoms with E-state index in [2.05, 4.69) is 26.0 Å². The fourth-order valence-corrected chi connectivity index (χ4v) is 8.53. The zero-order valence-corrected chi connectivity index (χ0v) is 24.6. The summed E-state index contributed by atoms with van der Waals surface area (Å²) in [7, 11) is 0. The lowest BCUT2D eigenvalue weighted by molar-refractivity contribution is 0.107. The van der Waals surface area contributed by atoms with Crippen molar-refractivity contribution in [3.05, 3.63) is 41.7 Å². The van der Waals surface area contributed by atoms with E-state index in [-0.39, 0.29) is 53.6 Å². The summed E-state index contributed by atoms with van der Waals surface area (Å²) in [6.07, 6.45) is 9.21. The number of aromatic hydroxyl groups is 1. The number of hydrogen-bond donors (Lipinski definition) is 2. The van der Waals surface area contributed by atoms with Gasteiger partial charge in [-0.05, 0) is 55.8 Å². The highest BCUT2D eigenvalue weighted by Gasteiger charge is 2.50. The molecule has 9 nitrogen and oxygen atoms in total. The lowest BCUT2D eigenvalue weighted by atomic mass is 9.95. The van der Waals surface area contributed by atoms with Crippen LogP contribution in [0.2, 0.25) is 0 Å². The molecule has 0 saturated carbocycles. The van der Waals surface area contributed by atoms with E-state index in [0.29, 0.717) is 59.2 Å². The Hall–Kier alpha value is -4.27. The quantitative estimate of drug-likeness (QED) is 0.328. The molecule has 4 saturated heterocycles. The largest absolute Gasteiger partial charge is 0.508 e. The Balaban J connectivity index is 1.24. The van der Waals surface area contributed by atoms with Crippen molar-refractivity contribution in [2.45, 2.75) is 61.9 Å². The van der Waals surface area contributed by atoms with Crippen LogP contribution in [0.25, 0.3) is 32.9 Å². The Morgan fingerprint density at radius 2 is 2.09 bits per heavy atom. The number of pyridine rings is 1. The molecule has 45 heavy (non-hydrogen) atoms. The second kappa shape index (κ2) is 9.86. The van der Waals surface area contributed by atoms with E-state index in [4.69, 9.17) is 25.9 Å². The summed E-state index contributed by atoms with van der Waals surface area (Å²) in [6, 6.07) is 8.91. The van der Waals surface area contributed by atoms with Gasteiger partial charge < -0.3 is 24.8 Å². The van der Waals surface area contributed by atoms with Crippen LogP contribution in [0, 0.1) is 18.2 Å². The van der Waals surface area contributed by atoms with Crippen molar-refractivity contribution in [3.63, 3.8) is 0 Å². The number of phenols is 1. The van der Waals surface area contributed by atoms with Gasteiger partial charge in [0.1, 0.15) is 47.5 Å². The highest BCUT2D eigenvalue weighted by molar-refractivity contribution is 6.04. The molecule has 0 spiro atoms. The van der Waals surface area contributed by atoms with Crippen molar-refractivity contribution in [1.29, 1.82) is 0 Å². The van der Waals surface area contributed by atoms with Crippen molar-refractivity contribution in [2.75, 3.05) is 37.7 Å². The number of nitrogens with zero attached hydrogens (tertiary/aromatic N) is 5. The molecule has 2 N–H and O–H groups in total. The van der Waals surface area contributed by atoms with Crippen LogP contribution in [0.3, 0.4) is 0 Å². The number of nitrogens with one attached hydrogen (secondary N) is 1. The second-order valence-electron chi connectivity index (χ2n) is 13.1. The molecule has 5 atom stereocenters. The number of halogens is 2. The Labute approximate surface area is 258 Å². The molecule has 4 fully saturated rings. The maximum atomic E-state index is 17.0. The molecule has 0 aliphatic carbocycles. The van der Waals surface area contributed by atoms with Crippen molar-refractivity contribution >= 4 is 27.5 Å². The van der Waals surface area contributed by atoms with Gasteiger partial charge in [-0.3, -0.25) is 4.90 Å². The van der Waals surface area contributed by atoms with E-state index < -0.39 is 17.5 Å². The summed E-state index contributed by atoms with van der Waals surface area (Å²) in [5.41, 5.74) is 0.457. The molecule has 0 amide bonds. The molecule has 5 aliphatic rings. The zero-order valence-electron chi connectivity index (χ0n) is 24.6. The molecule has 0 unspecified atom stereocenters. The summed E-state index contributed by atoms with van der Waals surface area (Å²) >= 11 is 0. The van der Waals surface area contributed by atoms with Crippen molar-refractivity contribution in [2.24, 2.45) is 0 Å². The third kappa shape index (κ3) is 4.08. The molecule has 7 heterocycles. The molecule has 230 valence electrons. The molecule has 2 bridgehead atoms. The highest BCUT2D eigenvalue weighted by atomic mass is 19.1. The standard InChI is InChI=1S/C34H32F2N6O3/c1-2-18-5-3-6-19-11-22(43)12-23(26(18)19)29-28(36)30-27-31(42-15-21-7-8-24(37-21)25(42)16-44-32(27)38-29)40-33(39-30)45-17-34-9-4-10-41(34)14-20(35)13-34/h1,3,5-6,11-12,20-21,24-25,37,43H,4,7-10,13-17H2/t20-,21-,24+,25+,34-/m1/s1. The van der Waals surface area contributed by atoms with Crippen LogP contribution >= 0.6 is 0 Å². The normalized spacial score (nSPS) is 28.5. The SMILES string of the molecule is C#Cc1cccc2cc(O)cc(-c3nc4c5c(nc(OC[C@]67CCCN6C[C@H](F)C7)nc5c3F)N3C[C@H]5CC[C@H](N5)[C@@H]3CO4)c12. The lowest BCUT2D eigenvalue weighted by Gasteiger charge is -2.40. The average Bonchev–Trinajstić information content (AvgIpc) is 3.67. The molecule has 2 aromatic heterocycles. The molecular formula is C34H32F2N6O3. The summed E-state index contributed by atoms with van der Waals surface area (Å²) in [4.78, 5) is 18.7. The molecule has 9 rings (SSSR count). The summed E-state index contributed by atoms with van der Waals surface area (Å²) in [5.74, 6) is 2.70. The van der Waals surface area contributed by atoms with Crippen LogP contribution in [-0.4, -0.2) is 87.6 Å². The van der Waals surface area contributed by atoms with Crippen molar-refractivity contribution in [3.8, 4) is 41.2 Å². The first-order valence-electron chi connectivity index (χ1n) is 15.7. The molecule has 4 aromatic rings. The van der Waals surface area contributed by atoms with Gasteiger partial charge in [-0.2, -0.15) is 9.97 Å². The fraction of sp³-hybridized carbons (Fsp3) is 0.441. The molecule has 5 aliphatic heterocycles. The van der Waals surface area contributed by atoms with Crippen LogP contribution in [0.4, 0.5) is 14.6 Å². The van der Waals surface area contributed by atoms with Gasteiger partial charge in [0.25, 0.3) is 0 Å². The number of hydrogen-bond acceptors (Lipinski definition) is 9. The third-order valence-corrected chi connectivity index (χ3v) is 10.5. The summed E-state index contributed by atoms with van der Waals surface area (Å²) in [5, 5.41) is 16.0. The van der Waals surface area contributed by atoms with Crippen molar-refractivity contribution in [1.82, 2.24) is 25.2 Å². The first-order chi connectivity index (χ1) is 21.9. The van der Waals surface area contributed by atoms with Crippen LogP contribution < -0.4 is 19.7 Å². The average molecular weight is 611 g/mol. The van der Waals surface area contributed by atoms with Gasteiger partial charge in [0.05, 0.1) is 11.6 Å². The fourth-order valence-electron chi connectivity index (χ4n) is 8.53. The molecule has 0 radical (unpaired) electrons. The predicted molar refractivity (Wildman–Crippen MR) is 165 cm³/mol. The summed E-state index contributed by atoms with van der Waals surface area (Å²) in [6.45, 7) is 2.47. The van der Waals surface area contributed by atoms with E-state index in [1.54, 1.807) is 18.2 Å². The maximum absolute atomic E-state index is 17.0. The van der Waals surface area contributed by atoms with Gasteiger partial charge in [0, 0.05) is 48.1 Å². The monoisotopic (exact) mass is 610 g/mol. The van der Waals surface area contributed by atoms with E-state index >= 15 is 4.39 Å². The number of anilines is 1. The highest BCUT2D eigenvalue weighted by Crippen LogP contribution is 2.45. The number of alkyl halides is 1. The van der Waals surface area contributed by atoms with Gasteiger partial charge in [-0.25, -0.2) is 13.8 Å². The number of fused-ring (bicyclic) bond motifs is 7. The Morgan fingerprint density at radius 1 is 1.18 bits per heavy atom. The third-order valence-electron chi connectivity index (χ3n) is 10.5. The lowest BCUT2D eigenvalue weighted by Crippen LogP contribution is -2.60. The van der Waals surface area contributed by atoms with E-state index in [9.17, 15) is 9.50 Å². The first-order valence-corrected chi connectivity index (χ1v) is 15.7. The number of piperazine rings is 1. The minimum absolute atomic E-state index is 0.0202. The molecular weight excluding hydrogens is 578 g/mol. The number of aromatic nitrogens is 3. The minimum Gasteiger partial charge on any atom is -0.508 e. The van der Waals surface area contributed by atoms with Crippen molar-refractivity contribution < 1.29 is 23.4 Å². The Kier molecular flexibility index (Phi) is 5.93. The number of rotatable bonds is 4. The van der Waals surface area contributed by atoms with Crippen LogP contribution in [0.5, 0.6) is 17.6 Å². The molecule has 2 aromatic carbocycles. The van der Waals surface area contributed by atoms with Gasteiger partial charge in [-0.1, -0.05) is 18.1 Å². The van der Waals surface area contributed by atoms with Crippen LogP contribution in [-0.2, 0) is 0 Å². The topological polar surface area (TPSA) is 95.9 Å². The van der Waals surface area contributed by atoms with Gasteiger partial charge in [0.2, 0.25) is 5.88 Å². The number of terminal acetylenes is 1. The van der Waals surface area contributed by atoms with E-state index in [1.807, 2.05) is 6.07 Å². The predicted octanol–water partition coefficient (Wildman–Crippen LogP) is 4.33. The number of phenolic OH excluding ortho intramolecular Hbond substituents is 1. The van der Waals surface area contributed by atoms with Gasteiger partial charge in [0.15, 0.2) is 5.82 Å². The zero-order chi connectivity index (χ0) is 30.4. The van der Waals surface area contributed by atoms with Gasteiger partial charge >= 0.3 is 6.01 Å². The maximum Gasteiger partial charge on any atom is 0.319 e.